The Kier molecular flexibility index (Phi) is 5.40. The fourth-order valence-electron chi connectivity index (χ4n) is 3.86. The first-order chi connectivity index (χ1) is 12.5. The minimum atomic E-state index is -0.752. The van der Waals surface area contributed by atoms with Gasteiger partial charge in [-0.1, -0.05) is 24.3 Å². The van der Waals surface area contributed by atoms with Gasteiger partial charge in [0.15, 0.2) is 0 Å². The minimum absolute atomic E-state index is 0.0123. The molecule has 1 saturated carbocycles. The highest BCUT2D eigenvalue weighted by Crippen LogP contribution is 2.33. The molecule has 1 aromatic carbocycles. The Morgan fingerprint density at radius 1 is 1.15 bits per heavy atom. The van der Waals surface area contributed by atoms with Gasteiger partial charge in [0.1, 0.15) is 0 Å². The number of carboxylic acid groups (broad SMARTS) is 1. The molecule has 1 unspecified atom stereocenters. The second kappa shape index (κ2) is 7.72. The Labute approximate surface area is 152 Å². The van der Waals surface area contributed by atoms with E-state index in [1.54, 1.807) is 11.1 Å². The summed E-state index contributed by atoms with van der Waals surface area (Å²) in [6.07, 6.45) is 6.36. The van der Waals surface area contributed by atoms with Crippen molar-refractivity contribution in [3.63, 3.8) is 0 Å². The van der Waals surface area contributed by atoms with Crippen molar-refractivity contribution in [2.24, 2.45) is 5.92 Å². The lowest BCUT2D eigenvalue weighted by atomic mass is 9.86. The van der Waals surface area contributed by atoms with E-state index in [0.29, 0.717) is 25.7 Å². The number of carboxylic acids is 1. The third kappa shape index (κ3) is 3.95. The number of amides is 2. The van der Waals surface area contributed by atoms with Gasteiger partial charge in [-0.05, 0) is 42.9 Å². The molecule has 2 amide bonds. The molecule has 2 aliphatic rings. The lowest BCUT2D eigenvalue weighted by molar-refractivity contribution is -0.142. The van der Waals surface area contributed by atoms with Gasteiger partial charge in [0, 0.05) is 19.2 Å². The SMILES string of the molecule is CC(=O)N1C=Cc2ccccc2C1CC(=O)NC1CCC(C(=O)O)CC1. The summed E-state index contributed by atoms with van der Waals surface area (Å²) < 4.78 is 0. The van der Waals surface area contributed by atoms with Crippen molar-refractivity contribution in [3.8, 4) is 0 Å². The van der Waals surface area contributed by atoms with Gasteiger partial charge in [-0.2, -0.15) is 0 Å². The molecule has 0 saturated heterocycles. The number of nitrogens with one attached hydrogen (secondary N) is 1. The lowest BCUT2D eigenvalue weighted by Gasteiger charge is -2.33. The third-order valence-corrected chi connectivity index (χ3v) is 5.29. The summed E-state index contributed by atoms with van der Waals surface area (Å²) >= 11 is 0. The standard InChI is InChI=1S/C20H24N2O4/c1-13(23)22-11-10-14-4-2-3-5-17(14)18(22)12-19(24)21-16-8-6-15(7-9-16)20(25)26/h2-5,10-11,15-16,18H,6-9,12H2,1H3,(H,21,24)(H,25,26). The van der Waals surface area contributed by atoms with Gasteiger partial charge in [-0.3, -0.25) is 14.4 Å². The number of carbonyl (C=O) groups is 3. The molecule has 0 spiro atoms. The van der Waals surface area contributed by atoms with Crippen molar-refractivity contribution >= 4 is 23.9 Å². The Hall–Kier alpha value is -2.63. The number of aliphatic carboxylic acids is 1. The summed E-state index contributed by atoms with van der Waals surface area (Å²) in [5.74, 6) is -1.26. The fourth-order valence-corrected chi connectivity index (χ4v) is 3.86. The molecule has 26 heavy (non-hydrogen) atoms. The van der Waals surface area contributed by atoms with Crippen LogP contribution in [0.2, 0.25) is 0 Å². The number of hydrogen-bond donors (Lipinski definition) is 2. The smallest absolute Gasteiger partial charge is 0.306 e. The number of hydrogen-bond acceptors (Lipinski definition) is 3. The number of carbonyl (C=O) groups excluding carboxylic acids is 2. The van der Waals surface area contributed by atoms with Crippen molar-refractivity contribution in [1.29, 1.82) is 0 Å². The molecule has 0 aromatic heterocycles. The molecule has 1 fully saturated rings. The summed E-state index contributed by atoms with van der Waals surface area (Å²) in [4.78, 5) is 37.2. The third-order valence-electron chi connectivity index (χ3n) is 5.29. The molecule has 138 valence electrons. The first-order valence-corrected chi connectivity index (χ1v) is 9.04. The highest BCUT2D eigenvalue weighted by molar-refractivity contribution is 5.82. The highest BCUT2D eigenvalue weighted by Gasteiger charge is 2.30. The second-order valence-corrected chi connectivity index (χ2v) is 7.05. The predicted octanol–water partition coefficient (Wildman–Crippen LogP) is 2.71. The number of fused-ring (bicyclic) bond motifs is 1. The molecule has 1 aromatic rings. The maximum Gasteiger partial charge on any atom is 0.306 e. The zero-order valence-electron chi connectivity index (χ0n) is 14.9. The van der Waals surface area contributed by atoms with Gasteiger partial charge in [-0.25, -0.2) is 0 Å². The van der Waals surface area contributed by atoms with E-state index in [-0.39, 0.29) is 36.2 Å². The molecule has 2 N–H and O–H groups in total. The van der Waals surface area contributed by atoms with Crippen LogP contribution in [0.25, 0.3) is 6.08 Å². The molecule has 6 heteroatoms. The Morgan fingerprint density at radius 2 is 1.85 bits per heavy atom. The molecule has 0 radical (unpaired) electrons. The monoisotopic (exact) mass is 356 g/mol. The summed E-state index contributed by atoms with van der Waals surface area (Å²) in [6.45, 7) is 1.50. The minimum Gasteiger partial charge on any atom is -0.481 e. The maximum absolute atomic E-state index is 12.6. The summed E-state index contributed by atoms with van der Waals surface area (Å²) in [5.41, 5.74) is 1.99. The molecule has 6 nitrogen and oxygen atoms in total. The second-order valence-electron chi connectivity index (χ2n) is 7.05. The molecule has 1 aliphatic heterocycles. The number of benzene rings is 1. The topological polar surface area (TPSA) is 86.7 Å². The number of nitrogens with zero attached hydrogens (tertiary/aromatic N) is 1. The van der Waals surface area contributed by atoms with Gasteiger partial charge in [0.05, 0.1) is 18.4 Å². The van der Waals surface area contributed by atoms with Crippen LogP contribution in [0.5, 0.6) is 0 Å². The molecule has 1 heterocycles. The first kappa shape index (κ1) is 18.2. The van der Waals surface area contributed by atoms with E-state index in [9.17, 15) is 14.4 Å². The van der Waals surface area contributed by atoms with Crippen LogP contribution in [0, 0.1) is 5.92 Å². The lowest BCUT2D eigenvalue weighted by Crippen LogP contribution is -2.41. The zero-order chi connectivity index (χ0) is 18.7. The molecular formula is C20H24N2O4. The molecule has 1 atom stereocenters. The summed E-state index contributed by atoms with van der Waals surface area (Å²) in [6, 6.07) is 7.47. The van der Waals surface area contributed by atoms with Crippen LogP contribution >= 0.6 is 0 Å². The van der Waals surface area contributed by atoms with Gasteiger partial charge in [0.2, 0.25) is 11.8 Å². The van der Waals surface area contributed by atoms with E-state index in [1.165, 1.54) is 6.92 Å². The van der Waals surface area contributed by atoms with Crippen molar-refractivity contribution < 1.29 is 19.5 Å². The van der Waals surface area contributed by atoms with Crippen molar-refractivity contribution in [1.82, 2.24) is 10.2 Å². The van der Waals surface area contributed by atoms with E-state index in [0.717, 1.165) is 11.1 Å². The van der Waals surface area contributed by atoms with Crippen LogP contribution in [0.4, 0.5) is 0 Å². The average Bonchev–Trinajstić information content (AvgIpc) is 2.62. The molecule has 1 aliphatic carbocycles. The normalized spacial score (nSPS) is 24.7. The number of rotatable bonds is 4. The summed E-state index contributed by atoms with van der Waals surface area (Å²) in [7, 11) is 0. The van der Waals surface area contributed by atoms with E-state index < -0.39 is 5.97 Å². The van der Waals surface area contributed by atoms with Crippen LogP contribution in [-0.2, 0) is 14.4 Å². The van der Waals surface area contributed by atoms with Crippen LogP contribution in [0.15, 0.2) is 30.5 Å². The van der Waals surface area contributed by atoms with E-state index in [1.807, 2.05) is 30.3 Å². The van der Waals surface area contributed by atoms with Crippen molar-refractivity contribution in [3.05, 3.63) is 41.6 Å². The van der Waals surface area contributed by atoms with Crippen LogP contribution in [0.1, 0.15) is 56.2 Å². The van der Waals surface area contributed by atoms with Crippen molar-refractivity contribution in [2.75, 3.05) is 0 Å². The van der Waals surface area contributed by atoms with E-state index in [4.69, 9.17) is 5.11 Å². The first-order valence-electron chi connectivity index (χ1n) is 9.04. The quantitative estimate of drug-likeness (QED) is 0.868. The van der Waals surface area contributed by atoms with E-state index in [2.05, 4.69) is 5.32 Å². The zero-order valence-corrected chi connectivity index (χ0v) is 14.9. The van der Waals surface area contributed by atoms with Crippen molar-refractivity contribution in [2.45, 2.75) is 51.1 Å². The largest absolute Gasteiger partial charge is 0.481 e. The van der Waals surface area contributed by atoms with Gasteiger partial charge >= 0.3 is 5.97 Å². The molecule has 3 rings (SSSR count). The predicted molar refractivity (Wildman–Crippen MR) is 96.9 cm³/mol. The molecular weight excluding hydrogens is 332 g/mol. The van der Waals surface area contributed by atoms with Crippen LogP contribution < -0.4 is 5.32 Å². The fraction of sp³-hybridized carbons (Fsp3) is 0.450. The Balaban J connectivity index is 1.65. The molecule has 0 bridgehead atoms. The van der Waals surface area contributed by atoms with Crippen LogP contribution in [-0.4, -0.2) is 33.8 Å². The van der Waals surface area contributed by atoms with Gasteiger partial charge < -0.3 is 15.3 Å². The Morgan fingerprint density at radius 3 is 2.50 bits per heavy atom. The van der Waals surface area contributed by atoms with E-state index >= 15 is 0 Å². The Bertz CT molecular complexity index is 735. The maximum atomic E-state index is 12.6. The highest BCUT2D eigenvalue weighted by atomic mass is 16.4. The van der Waals surface area contributed by atoms with Crippen LogP contribution in [0.3, 0.4) is 0 Å². The average molecular weight is 356 g/mol. The van der Waals surface area contributed by atoms with Gasteiger partial charge in [0.25, 0.3) is 0 Å². The van der Waals surface area contributed by atoms with Gasteiger partial charge in [-0.15, -0.1) is 0 Å². The summed E-state index contributed by atoms with van der Waals surface area (Å²) in [5, 5.41) is 12.1.